The minimum absolute atomic E-state index is 0.707. The Bertz CT molecular complexity index is 499. The second-order valence-corrected chi connectivity index (χ2v) is 4.99. The first-order chi connectivity index (χ1) is 6.77. The number of fused-ring (bicyclic) bond motifs is 1. The number of hydrogen-bond acceptors (Lipinski definition) is 0. The highest BCUT2D eigenvalue weighted by molar-refractivity contribution is 9.10. The third-order valence-corrected chi connectivity index (χ3v) is 3.69. The van der Waals surface area contributed by atoms with Crippen LogP contribution in [0.1, 0.15) is 24.3 Å². The lowest BCUT2D eigenvalue weighted by Gasteiger charge is -1.98. The lowest BCUT2D eigenvalue weighted by molar-refractivity contribution is 1.13. The lowest BCUT2D eigenvalue weighted by Crippen LogP contribution is -1.77. The molecule has 72 valence electrons. The summed E-state index contributed by atoms with van der Waals surface area (Å²) in [7, 11) is 0. The molecule has 1 aliphatic rings. The quantitative estimate of drug-likeness (QED) is 0.787. The van der Waals surface area contributed by atoms with E-state index in [0.717, 1.165) is 15.1 Å². The summed E-state index contributed by atoms with van der Waals surface area (Å²) < 4.78 is 1.10. The third-order valence-electron chi connectivity index (χ3n) is 2.75. The Kier molecular flexibility index (Phi) is 1.89. The van der Waals surface area contributed by atoms with E-state index in [4.69, 9.17) is 11.6 Å². The van der Waals surface area contributed by atoms with Crippen LogP contribution in [0.15, 0.2) is 22.8 Å². The smallest absolute Gasteiger partial charge is 0.0866 e. The average molecular weight is 271 g/mol. The van der Waals surface area contributed by atoms with Gasteiger partial charge in [0.05, 0.1) is 9.63 Å². The summed E-state index contributed by atoms with van der Waals surface area (Å²) >= 11 is 9.78. The lowest BCUT2D eigenvalue weighted by atomic mass is 10.1. The standard InChI is InChI=1S/C11H9BrClN/c12-11-9(6-4-5-6)10-7(13)2-1-3-8(10)14-11/h1-3,6,14H,4-5H2. The molecule has 1 aromatic carbocycles. The number of hydrogen-bond donors (Lipinski definition) is 1. The van der Waals surface area contributed by atoms with Crippen molar-refractivity contribution in [2.45, 2.75) is 18.8 Å². The van der Waals surface area contributed by atoms with E-state index in [1.54, 1.807) is 0 Å². The molecule has 0 saturated heterocycles. The van der Waals surface area contributed by atoms with Crippen molar-refractivity contribution in [3.8, 4) is 0 Å². The van der Waals surface area contributed by atoms with Crippen molar-refractivity contribution in [2.75, 3.05) is 0 Å². The Morgan fingerprint density at radius 3 is 2.86 bits per heavy atom. The molecule has 1 N–H and O–H groups in total. The molecule has 1 fully saturated rings. The van der Waals surface area contributed by atoms with Crippen LogP contribution in [-0.4, -0.2) is 4.98 Å². The Morgan fingerprint density at radius 1 is 1.36 bits per heavy atom. The van der Waals surface area contributed by atoms with E-state index in [9.17, 15) is 0 Å². The molecule has 1 aliphatic carbocycles. The maximum atomic E-state index is 6.21. The average Bonchev–Trinajstić information content (AvgIpc) is 2.90. The number of rotatable bonds is 1. The molecule has 0 aliphatic heterocycles. The van der Waals surface area contributed by atoms with Gasteiger partial charge in [-0.15, -0.1) is 0 Å². The van der Waals surface area contributed by atoms with Gasteiger partial charge in [-0.1, -0.05) is 17.7 Å². The number of aromatic amines is 1. The molecule has 0 unspecified atom stereocenters. The number of H-pyrrole nitrogens is 1. The zero-order chi connectivity index (χ0) is 9.71. The van der Waals surface area contributed by atoms with Crippen molar-refractivity contribution in [2.24, 2.45) is 0 Å². The van der Waals surface area contributed by atoms with Gasteiger partial charge in [0, 0.05) is 10.9 Å². The molecule has 0 bridgehead atoms. The van der Waals surface area contributed by atoms with Gasteiger partial charge in [-0.25, -0.2) is 0 Å². The van der Waals surface area contributed by atoms with E-state index in [0.29, 0.717) is 5.92 Å². The van der Waals surface area contributed by atoms with Crippen molar-refractivity contribution in [3.63, 3.8) is 0 Å². The van der Waals surface area contributed by atoms with E-state index in [-0.39, 0.29) is 0 Å². The van der Waals surface area contributed by atoms with Gasteiger partial charge in [0.2, 0.25) is 0 Å². The van der Waals surface area contributed by atoms with Gasteiger partial charge in [0.1, 0.15) is 0 Å². The van der Waals surface area contributed by atoms with E-state index in [1.165, 1.54) is 23.8 Å². The fourth-order valence-electron chi connectivity index (χ4n) is 1.95. The summed E-state index contributed by atoms with van der Waals surface area (Å²) in [5.41, 5.74) is 2.50. The first kappa shape index (κ1) is 8.81. The molecule has 0 amide bonds. The maximum absolute atomic E-state index is 6.21. The molecule has 1 heterocycles. The molecule has 0 atom stereocenters. The number of nitrogens with one attached hydrogen (secondary N) is 1. The first-order valence-electron chi connectivity index (χ1n) is 4.73. The van der Waals surface area contributed by atoms with Crippen LogP contribution in [0.3, 0.4) is 0 Å². The maximum Gasteiger partial charge on any atom is 0.0866 e. The van der Waals surface area contributed by atoms with Gasteiger partial charge in [-0.2, -0.15) is 0 Å². The Labute approximate surface area is 95.6 Å². The summed E-state index contributed by atoms with van der Waals surface area (Å²) in [6, 6.07) is 6.00. The fraction of sp³-hybridized carbons (Fsp3) is 0.273. The summed E-state index contributed by atoms with van der Waals surface area (Å²) in [6.45, 7) is 0. The van der Waals surface area contributed by atoms with Crippen molar-refractivity contribution in [1.29, 1.82) is 0 Å². The van der Waals surface area contributed by atoms with Crippen LogP contribution in [0.2, 0.25) is 5.02 Å². The van der Waals surface area contributed by atoms with Gasteiger partial charge >= 0.3 is 0 Å². The molecule has 3 rings (SSSR count). The number of benzene rings is 1. The summed E-state index contributed by atoms with van der Waals surface area (Å²) in [5, 5.41) is 2.05. The molecule has 0 radical (unpaired) electrons. The molecule has 0 spiro atoms. The molecular weight excluding hydrogens is 261 g/mol. The van der Waals surface area contributed by atoms with E-state index in [2.05, 4.69) is 27.0 Å². The second kappa shape index (κ2) is 3.01. The highest BCUT2D eigenvalue weighted by Crippen LogP contribution is 2.48. The summed E-state index contributed by atoms with van der Waals surface area (Å²) in [6.07, 6.45) is 2.58. The molecular formula is C11H9BrClN. The number of halogens is 2. The van der Waals surface area contributed by atoms with Crippen LogP contribution in [0, 0.1) is 0 Å². The molecule has 3 heteroatoms. The molecule has 1 saturated carbocycles. The van der Waals surface area contributed by atoms with Crippen LogP contribution < -0.4 is 0 Å². The zero-order valence-corrected chi connectivity index (χ0v) is 9.82. The van der Waals surface area contributed by atoms with Crippen LogP contribution in [0.5, 0.6) is 0 Å². The second-order valence-electron chi connectivity index (χ2n) is 3.79. The van der Waals surface area contributed by atoms with Crippen molar-refractivity contribution in [3.05, 3.63) is 33.4 Å². The van der Waals surface area contributed by atoms with Gasteiger partial charge in [0.25, 0.3) is 0 Å². The minimum atomic E-state index is 0.707. The predicted octanol–water partition coefficient (Wildman–Crippen LogP) is 4.46. The van der Waals surface area contributed by atoms with Crippen LogP contribution in [0.4, 0.5) is 0 Å². The van der Waals surface area contributed by atoms with Gasteiger partial charge < -0.3 is 4.98 Å². The molecule has 2 aromatic rings. The van der Waals surface area contributed by atoms with Crippen molar-refractivity contribution < 1.29 is 0 Å². The van der Waals surface area contributed by atoms with Gasteiger partial charge in [-0.05, 0) is 52.4 Å². The fourth-order valence-corrected chi connectivity index (χ4v) is 2.96. The Hall–Kier alpha value is -0.470. The van der Waals surface area contributed by atoms with E-state index < -0.39 is 0 Å². The van der Waals surface area contributed by atoms with Crippen LogP contribution in [-0.2, 0) is 0 Å². The van der Waals surface area contributed by atoms with Crippen LogP contribution in [0.25, 0.3) is 10.9 Å². The van der Waals surface area contributed by atoms with E-state index >= 15 is 0 Å². The SMILES string of the molecule is Clc1cccc2[nH]c(Br)c(C3CC3)c12. The minimum Gasteiger partial charge on any atom is -0.349 e. The van der Waals surface area contributed by atoms with Crippen molar-refractivity contribution >= 4 is 38.4 Å². The highest BCUT2D eigenvalue weighted by atomic mass is 79.9. The largest absolute Gasteiger partial charge is 0.349 e. The normalized spacial score (nSPS) is 16.4. The monoisotopic (exact) mass is 269 g/mol. The highest BCUT2D eigenvalue weighted by Gasteiger charge is 2.29. The summed E-state index contributed by atoms with van der Waals surface area (Å²) in [4.78, 5) is 3.32. The Balaban J connectivity index is 2.39. The first-order valence-corrected chi connectivity index (χ1v) is 5.90. The predicted molar refractivity (Wildman–Crippen MR) is 63.0 cm³/mol. The summed E-state index contributed by atoms with van der Waals surface area (Å²) in [5.74, 6) is 0.707. The molecule has 1 aromatic heterocycles. The van der Waals surface area contributed by atoms with Crippen molar-refractivity contribution in [1.82, 2.24) is 4.98 Å². The third kappa shape index (κ3) is 1.21. The molecule has 14 heavy (non-hydrogen) atoms. The van der Waals surface area contributed by atoms with Gasteiger partial charge in [-0.3, -0.25) is 0 Å². The topological polar surface area (TPSA) is 15.8 Å². The number of aromatic nitrogens is 1. The van der Waals surface area contributed by atoms with Crippen LogP contribution >= 0.6 is 27.5 Å². The zero-order valence-electron chi connectivity index (χ0n) is 7.48. The molecule has 1 nitrogen and oxygen atoms in total. The van der Waals surface area contributed by atoms with E-state index in [1.807, 2.05) is 12.1 Å². The van der Waals surface area contributed by atoms with Gasteiger partial charge in [0.15, 0.2) is 0 Å². The Morgan fingerprint density at radius 2 is 2.14 bits per heavy atom.